The predicted octanol–water partition coefficient (Wildman–Crippen LogP) is 5.83. The molecule has 0 saturated carbocycles. The molecule has 1 aliphatic heterocycles. The van der Waals surface area contributed by atoms with Crippen LogP contribution in [0.2, 0.25) is 0 Å². The Bertz CT molecular complexity index is 1510. The number of methoxy groups -OCH3 is 1. The van der Waals surface area contributed by atoms with Crippen LogP contribution in [0, 0.1) is 6.92 Å². The van der Waals surface area contributed by atoms with E-state index in [9.17, 15) is 0 Å². The van der Waals surface area contributed by atoms with Crippen LogP contribution in [0.1, 0.15) is 22.6 Å². The summed E-state index contributed by atoms with van der Waals surface area (Å²) >= 11 is 0. The Morgan fingerprint density at radius 3 is 2.31 bits per heavy atom. The standard InChI is InChI=1S/C30H27N5O/c1-21-8-6-7-11-25(21)23-12-14-24(15-13-23)30-33-32-28-20-34(18-22-9-4-3-5-10-22)19-26-27(35(28)30)16-17-29(31-26)36-2/h3-17H,18-20H2,1-2H3. The second-order valence-corrected chi connectivity index (χ2v) is 9.12. The molecule has 0 atom stereocenters. The lowest BCUT2D eigenvalue weighted by molar-refractivity contribution is 0.241. The van der Waals surface area contributed by atoms with E-state index in [1.54, 1.807) is 7.11 Å². The van der Waals surface area contributed by atoms with Crippen LogP contribution in [-0.2, 0) is 19.6 Å². The van der Waals surface area contributed by atoms with E-state index in [1.165, 1.54) is 22.3 Å². The first-order valence-electron chi connectivity index (χ1n) is 12.1. The molecule has 0 unspecified atom stereocenters. The van der Waals surface area contributed by atoms with Gasteiger partial charge in [-0.1, -0.05) is 78.9 Å². The van der Waals surface area contributed by atoms with E-state index in [1.807, 2.05) is 12.1 Å². The van der Waals surface area contributed by atoms with E-state index in [0.29, 0.717) is 19.0 Å². The Morgan fingerprint density at radius 2 is 1.53 bits per heavy atom. The maximum absolute atomic E-state index is 5.45. The van der Waals surface area contributed by atoms with Gasteiger partial charge in [-0.15, -0.1) is 10.2 Å². The molecule has 36 heavy (non-hydrogen) atoms. The molecule has 0 amide bonds. The minimum absolute atomic E-state index is 0.606. The fourth-order valence-corrected chi connectivity index (χ4v) is 4.88. The molecule has 0 radical (unpaired) electrons. The lowest BCUT2D eigenvalue weighted by atomic mass is 9.99. The van der Waals surface area contributed by atoms with Crippen LogP contribution < -0.4 is 4.74 Å². The monoisotopic (exact) mass is 473 g/mol. The van der Waals surface area contributed by atoms with Crippen LogP contribution in [0.3, 0.4) is 0 Å². The van der Waals surface area contributed by atoms with E-state index < -0.39 is 0 Å². The minimum Gasteiger partial charge on any atom is -0.481 e. The summed E-state index contributed by atoms with van der Waals surface area (Å²) in [6, 6.07) is 31.5. The van der Waals surface area contributed by atoms with Crippen molar-refractivity contribution in [1.82, 2.24) is 24.6 Å². The van der Waals surface area contributed by atoms with Crippen molar-refractivity contribution in [2.24, 2.45) is 0 Å². The van der Waals surface area contributed by atoms with Crippen molar-refractivity contribution >= 4 is 0 Å². The van der Waals surface area contributed by atoms with Crippen molar-refractivity contribution in [3.8, 4) is 34.1 Å². The van der Waals surface area contributed by atoms with E-state index in [-0.39, 0.29) is 0 Å². The Labute approximate surface area is 210 Å². The van der Waals surface area contributed by atoms with E-state index >= 15 is 0 Å². The Balaban J connectivity index is 1.41. The van der Waals surface area contributed by atoms with Gasteiger partial charge in [0.25, 0.3) is 0 Å². The summed E-state index contributed by atoms with van der Waals surface area (Å²) in [7, 11) is 1.65. The third-order valence-electron chi connectivity index (χ3n) is 6.69. The van der Waals surface area contributed by atoms with Crippen molar-refractivity contribution in [1.29, 1.82) is 0 Å². The number of nitrogens with zero attached hydrogens (tertiary/aromatic N) is 5. The predicted molar refractivity (Wildman–Crippen MR) is 141 cm³/mol. The summed E-state index contributed by atoms with van der Waals surface area (Å²) in [5.74, 6) is 2.32. The lowest BCUT2D eigenvalue weighted by Gasteiger charge is -2.19. The molecule has 5 aromatic rings. The Hall–Kier alpha value is -4.29. The average molecular weight is 474 g/mol. The number of hydrogen-bond donors (Lipinski definition) is 0. The molecule has 6 rings (SSSR count). The zero-order chi connectivity index (χ0) is 24.5. The largest absolute Gasteiger partial charge is 0.481 e. The van der Waals surface area contributed by atoms with Gasteiger partial charge in [0.15, 0.2) is 11.6 Å². The lowest BCUT2D eigenvalue weighted by Crippen LogP contribution is -2.22. The molecule has 0 bridgehead atoms. The summed E-state index contributed by atoms with van der Waals surface area (Å²) in [6.07, 6.45) is 0. The first-order valence-corrected chi connectivity index (χ1v) is 12.1. The fourth-order valence-electron chi connectivity index (χ4n) is 4.88. The summed E-state index contributed by atoms with van der Waals surface area (Å²) in [4.78, 5) is 7.17. The number of aromatic nitrogens is 4. The van der Waals surface area contributed by atoms with Gasteiger partial charge in [-0.25, -0.2) is 4.98 Å². The molecular formula is C30H27N5O. The topological polar surface area (TPSA) is 56.1 Å². The Kier molecular flexibility index (Phi) is 5.79. The summed E-state index contributed by atoms with van der Waals surface area (Å²) < 4.78 is 7.60. The number of aryl methyl sites for hydroxylation is 1. The summed E-state index contributed by atoms with van der Waals surface area (Å²) in [5, 5.41) is 9.27. The van der Waals surface area contributed by atoms with Gasteiger partial charge in [0.2, 0.25) is 5.88 Å². The van der Waals surface area contributed by atoms with Crippen LogP contribution in [0.25, 0.3) is 28.2 Å². The first kappa shape index (κ1) is 22.2. The highest BCUT2D eigenvalue weighted by molar-refractivity contribution is 5.71. The van der Waals surface area contributed by atoms with Crippen molar-refractivity contribution < 1.29 is 4.74 Å². The molecule has 6 heteroatoms. The number of pyridine rings is 1. The highest BCUT2D eigenvalue weighted by Gasteiger charge is 2.26. The zero-order valence-electron chi connectivity index (χ0n) is 20.4. The molecular weight excluding hydrogens is 446 g/mol. The third-order valence-corrected chi connectivity index (χ3v) is 6.69. The normalized spacial score (nSPS) is 13.1. The molecule has 3 heterocycles. The van der Waals surface area contributed by atoms with Gasteiger partial charge in [-0.2, -0.15) is 0 Å². The zero-order valence-corrected chi connectivity index (χ0v) is 20.4. The van der Waals surface area contributed by atoms with Gasteiger partial charge in [0.05, 0.1) is 25.0 Å². The van der Waals surface area contributed by atoms with Crippen molar-refractivity contribution in [3.05, 3.63) is 114 Å². The van der Waals surface area contributed by atoms with Crippen molar-refractivity contribution in [3.63, 3.8) is 0 Å². The SMILES string of the molecule is COc1ccc2c(n1)CN(Cc1ccccc1)Cc1nnc(-c3ccc(-c4ccccc4C)cc3)n1-2. The number of rotatable bonds is 5. The summed E-state index contributed by atoms with van der Waals surface area (Å²) in [6.45, 7) is 4.30. The van der Waals surface area contributed by atoms with Gasteiger partial charge in [-0.3, -0.25) is 9.47 Å². The fraction of sp³-hybridized carbons (Fsp3) is 0.167. The van der Waals surface area contributed by atoms with E-state index in [0.717, 1.165) is 35.1 Å². The highest BCUT2D eigenvalue weighted by atomic mass is 16.5. The van der Waals surface area contributed by atoms with Crippen LogP contribution in [0.5, 0.6) is 5.88 Å². The third kappa shape index (κ3) is 4.16. The number of hydrogen-bond acceptors (Lipinski definition) is 5. The highest BCUT2D eigenvalue weighted by Crippen LogP contribution is 2.32. The smallest absolute Gasteiger partial charge is 0.213 e. The molecule has 0 aliphatic carbocycles. The molecule has 1 aliphatic rings. The molecule has 0 saturated heterocycles. The maximum Gasteiger partial charge on any atom is 0.213 e. The maximum atomic E-state index is 5.45. The molecule has 178 valence electrons. The summed E-state index contributed by atoms with van der Waals surface area (Å²) in [5.41, 5.74) is 7.89. The molecule has 6 nitrogen and oxygen atoms in total. The molecule has 0 N–H and O–H groups in total. The van der Waals surface area contributed by atoms with Crippen molar-refractivity contribution in [2.45, 2.75) is 26.6 Å². The quantitative estimate of drug-likeness (QED) is 0.322. The molecule has 2 aromatic heterocycles. The Morgan fingerprint density at radius 1 is 0.778 bits per heavy atom. The van der Waals surface area contributed by atoms with E-state index in [2.05, 4.69) is 105 Å². The minimum atomic E-state index is 0.606. The average Bonchev–Trinajstić information content (AvgIpc) is 3.26. The number of fused-ring (bicyclic) bond motifs is 3. The van der Waals surface area contributed by atoms with Crippen LogP contribution >= 0.6 is 0 Å². The molecule has 3 aromatic carbocycles. The number of ether oxygens (including phenoxy) is 1. The van der Waals surface area contributed by atoms with Gasteiger partial charge < -0.3 is 4.74 Å². The van der Waals surface area contributed by atoms with Crippen molar-refractivity contribution in [2.75, 3.05) is 7.11 Å². The van der Waals surface area contributed by atoms with Gasteiger partial charge in [0, 0.05) is 24.7 Å². The van der Waals surface area contributed by atoms with Gasteiger partial charge in [0.1, 0.15) is 0 Å². The molecule has 0 fully saturated rings. The first-order chi connectivity index (χ1) is 17.7. The van der Waals surface area contributed by atoms with E-state index in [4.69, 9.17) is 9.72 Å². The van der Waals surface area contributed by atoms with Crippen LogP contribution in [0.15, 0.2) is 91.0 Å². The number of benzene rings is 3. The van der Waals surface area contributed by atoms with Gasteiger partial charge in [-0.05, 0) is 35.2 Å². The molecule has 0 spiro atoms. The van der Waals surface area contributed by atoms with Crippen LogP contribution in [0.4, 0.5) is 0 Å². The van der Waals surface area contributed by atoms with Gasteiger partial charge >= 0.3 is 0 Å². The van der Waals surface area contributed by atoms with Crippen LogP contribution in [-0.4, -0.2) is 31.8 Å². The second kappa shape index (κ2) is 9.40. The second-order valence-electron chi connectivity index (χ2n) is 9.12.